The van der Waals surface area contributed by atoms with E-state index < -0.39 is 5.92 Å². The van der Waals surface area contributed by atoms with Crippen molar-refractivity contribution in [2.45, 2.75) is 33.6 Å². The van der Waals surface area contributed by atoms with E-state index in [4.69, 9.17) is 5.26 Å². The smallest absolute Gasteiger partial charge is 0.237 e. The molecule has 0 aliphatic heterocycles. The molecule has 4 heteroatoms. The van der Waals surface area contributed by atoms with Gasteiger partial charge in [-0.05, 0) is 25.9 Å². The van der Waals surface area contributed by atoms with Crippen LogP contribution in [-0.4, -0.2) is 38.0 Å². The van der Waals surface area contributed by atoms with E-state index in [2.05, 4.69) is 30.1 Å². The Morgan fingerprint density at radius 1 is 1.47 bits per heavy atom. The minimum Gasteiger partial charge on any atom is -0.354 e. The monoisotopic (exact) mass is 239 g/mol. The van der Waals surface area contributed by atoms with Gasteiger partial charge in [0.05, 0.1) is 6.07 Å². The summed E-state index contributed by atoms with van der Waals surface area (Å²) in [6, 6.07) is 2.06. The van der Waals surface area contributed by atoms with Crippen molar-refractivity contribution in [1.29, 1.82) is 5.26 Å². The molecule has 0 aliphatic rings. The van der Waals surface area contributed by atoms with Crippen molar-refractivity contribution < 1.29 is 4.79 Å². The standard InChI is InChI=1S/C13H25N3O/c1-6-7-11(8-14)12(17)15-9-13(2,3)10-16(4)5/h11H,6-7,9-10H2,1-5H3,(H,15,17). The van der Waals surface area contributed by atoms with Crippen LogP contribution in [0.3, 0.4) is 0 Å². The van der Waals surface area contributed by atoms with Crippen LogP contribution in [0.25, 0.3) is 0 Å². The lowest BCUT2D eigenvalue weighted by Gasteiger charge is -2.28. The van der Waals surface area contributed by atoms with E-state index in [-0.39, 0.29) is 11.3 Å². The zero-order valence-electron chi connectivity index (χ0n) is 11.7. The first-order valence-electron chi connectivity index (χ1n) is 6.14. The molecule has 0 aromatic carbocycles. The molecule has 17 heavy (non-hydrogen) atoms. The van der Waals surface area contributed by atoms with Gasteiger partial charge in [-0.2, -0.15) is 5.26 Å². The first-order chi connectivity index (χ1) is 7.82. The predicted octanol–water partition coefficient (Wildman–Crippen LogP) is 1.63. The van der Waals surface area contributed by atoms with Crippen molar-refractivity contribution in [2.24, 2.45) is 11.3 Å². The molecule has 0 heterocycles. The van der Waals surface area contributed by atoms with Crippen LogP contribution in [0, 0.1) is 22.7 Å². The van der Waals surface area contributed by atoms with Crippen LogP contribution >= 0.6 is 0 Å². The number of nitriles is 1. The Morgan fingerprint density at radius 2 is 2.06 bits per heavy atom. The van der Waals surface area contributed by atoms with E-state index in [1.807, 2.05) is 21.0 Å². The van der Waals surface area contributed by atoms with Gasteiger partial charge in [-0.25, -0.2) is 0 Å². The number of hydrogen-bond donors (Lipinski definition) is 1. The minimum absolute atomic E-state index is 0.0192. The number of rotatable bonds is 7. The molecule has 4 nitrogen and oxygen atoms in total. The van der Waals surface area contributed by atoms with E-state index in [0.29, 0.717) is 13.0 Å². The molecule has 1 amide bonds. The van der Waals surface area contributed by atoms with Crippen LogP contribution in [-0.2, 0) is 4.79 Å². The first-order valence-corrected chi connectivity index (χ1v) is 6.14. The zero-order chi connectivity index (χ0) is 13.5. The molecule has 0 radical (unpaired) electrons. The van der Waals surface area contributed by atoms with Gasteiger partial charge in [0.25, 0.3) is 0 Å². The fourth-order valence-corrected chi connectivity index (χ4v) is 1.90. The van der Waals surface area contributed by atoms with Crippen LogP contribution < -0.4 is 5.32 Å². The van der Waals surface area contributed by atoms with Crippen molar-refractivity contribution in [3.05, 3.63) is 0 Å². The van der Waals surface area contributed by atoms with Gasteiger partial charge in [0, 0.05) is 13.1 Å². The van der Waals surface area contributed by atoms with E-state index in [0.717, 1.165) is 13.0 Å². The van der Waals surface area contributed by atoms with Crippen molar-refractivity contribution in [3.63, 3.8) is 0 Å². The van der Waals surface area contributed by atoms with Crippen molar-refractivity contribution in [2.75, 3.05) is 27.2 Å². The highest BCUT2D eigenvalue weighted by molar-refractivity contribution is 5.81. The van der Waals surface area contributed by atoms with Gasteiger partial charge < -0.3 is 10.2 Å². The molecule has 1 N–H and O–H groups in total. The van der Waals surface area contributed by atoms with Crippen molar-refractivity contribution >= 4 is 5.91 Å². The van der Waals surface area contributed by atoms with Crippen LogP contribution in [0.15, 0.2) is 0 Å². The fourth-order valence-electron chi connectivity index (χ4n) is 1.90. The number of carbonyl (C=O) groups is 1. The fraction of sp³-hybridized carbons (Fsp3) is 0.846. The van der Waals surface area contributed by atoms with Gasteiger partial charge in [0.2, 0.25) is 5.91 Å². The van der Waals surface area contributed by atoms with Crippen molar-refractivity contribution in [3.8, 4) is 6.07 Å². The quantitative estimate of drug-likeness (QED) is 0.734. The molecule has 0 saturated heterocycles. The molecule has 0 aliphatic carbocycles. The third-order valence-electron chi connectivity index (χ3n) is 2.54. The van der Waals surface area contributed by atoms with Gasteiger partial charge in [-0.15, -0.1) is 0 Å². The third kappa shape index (κ3) is 6.96. The molecule has 0 spiro atoms. The Bertz CT molecular complexity index is 279. The molecule has 0 aromatic heterocycles. The summed E-state index contributed by atoms with van der Waals surface area (Å²) >= 11 is 0. The van der Waals surface area contributed by atoms with Gasteiger partial charge >= 0.3 is 0 Å². The molecule has 0 aromatic rings. The molecular formula is C13H25N3O. The lowest BCUT2D eigenvalue weighted by Crippen LogP contribution is -2.41. The van der Waals surface area contributed by atoms with E-state index in [1.54, 1.807) is 0 Å². The molecular weight excluding hydrogens is 214 g/mol. The average molecular weight is 239 g/mol. The minimum atomic E-state index is -0.504. The lowest BCUT2D eigenvalue weighted by molar-refractivity contribution is -0.124. The molecule has 0 fully saturated rings. The van der Waals surface area contributed by atoms with Crippen LogP contribution in [0.2, 0.25) is 0 Å². The van der Waals surface area contributed by atoms with E-state index in [9.17, 15) is 4.79 Å². The number of hydrogen-bond acceptors (Lipinski definition) is 3. The normalized spacial score (nSPS) is 13.2. The topological polar surface area (TPSA) is 56.1 Å². The predicted molar refractivity (Wildman–Crippen MR) is 69.4 cm³/mol. The summed E-state index contributed by atoms with van der Waals surface area (Å²) < 4.78 is 0. The summed E-state index contributed by atoms with van der Waals surface area (Å²) in [5.41, 5.74) is 0.0192. The maximum Gasteiger partial charge on any atom is 0.237 e. The highest BCUT2D eigenvalue weighted by Crippen LogP contribution is 2.15. The Labute approximate surface area is 105 Å². The SMILES string of the molecule is CCCC(C#N)C(=O)NCC(C)(C)CN(C)C. The van der Waals surface area contributed by atoms with E-state index in [1.165, 1.54) is 0 Å². The molecule has 98 valence electrons. The summed E-state index contributed by atoms with van der Waals surface area (Å²) in [4.78, 5) is 13.8. The first kappa shape index (κ1) is 15.9. The molecule has 0 rings (SSSR count). The lowest BCUT2D eigenvalue weighted by atomic mass is 9.92. The molecule has 0 saturated carbocycles. The van der Waals surface area contributed by atoms with Gasteiger partial charge in [0.1, 0.15) is 5.92 Å². The number of amides is 1. The summed E-state index contributed by atoms with van der Waals surface area (Å²) in [5, 5.41) is 11.8. The Hall–Kier alpha value is -1.08. The average Bonchev–Trinajstić information content (AvgIpc) is 2.21. The van der Waals surface area contributed by atoms with Crippen molar-refractivity contribution in [1.82, 2.24) is 10.2 Å². The second kappa shape index (κ2) is 7.29. The summed E-state index contributed by atoms with van der Waals surface area (Å²) in [6.07, 6.45) is 1.49. The molecule has 1 atom stereocenters. The van der Waals surface area contributed by atoms with Gasteiger partial charge in [0.15, 0.2) is 0 Å². The van der Waals surface area contributed by atoms with Crippen LogP contribution in [0.5, 0.6) is 0 Å². The maximum atomic E-state index is 11.7. The van der Waals surface area contributed by atoms with E-state index >= 15 is 0 Å². The number of nitrogens with zero attached hydrogens (tertiary/aromatic N) is 2. The number of nitrogens with one attached hydrogen (secondary N) is 1. The Morgan fingerprint density at radius 3 is 2.47 bits per heavy atom. The Kier molecular flexibility index (Phi) is 6.82. The highest BCUT2D eigenvalue weighted by Gasteiger charge is 2.22. The zero-order valence-corrected chi connectivity index (χ0v) is 11.7. The summed E-state index contributed by atoms with van der Waals surface area (Å²) in [5.74, 6) is -0.642. The van der Waals surface area contributed by atoms with Crippen LogP contribution in [0.4, 0.5) is 0 Å². The Balaban J connectivity index is 4.18. The third-order valence-corrected chi connectivity index (χ3v) is 2.54. The maximum absolute atomic E-state index is 11.7. The summed E-state index contributed by atoms with van der Waals surface area (Å²) in [7, 11) is 4.03. The molecule has 1 unspecified atom stereocenters. The summed E-state index contributed by atoms with van der Waals surface area (Å²) in [6.45, 7) is 7.70. The number of carbonyl (C=O) groups excluding carboxylic acids is 1. The second-order valence-corrected chi connectivity index (χ2v) is 5.59. The molecule has 0 bridgehead atoms. The highest BCUT2D eigenvalue weighted by atomic mass is 16.1. The second-order valence-electron chi connectivity index (χ2n) is 5.59. The van der Waals surface area contributed by atoms with Gasteiger partial charge in [-0.3, -0.25) is 4.79 Å². The van der Waals surface area contributed by atoms with Crippen LogP contribution in [0.1, 0.15) is 33.6 Å². The largest absolute Gasteiger partial charge is 0.354 e. The van der Waals surface area contributed by atoms with Gasteiger partial charge in [-0.1, -0.05) is 27.2 Å².